The molecule has 3 aromatic rings. The predicted octanol–water partition coefficient (Wildman–Crippen LogP) is 5.12. The van der Waals surface area contributed by atoms with E-state index < -0.39 is 32.4 Å². The second-order valence-electron chi connectivity index (χ2n) is 7.93. The lowest BCUT2D eigenvalue weighted by Gasteiger charge is -2.24. The number of aryl methyl sites for hydroxylation is 1. The monoisotopic (exact) mass is 498 g/mol. The zero-order valence-corrected chi connectivity index (χ0v) is 20.2. The van der Waals surface area contributed by atoms with Crippen molar-refractivity contribution in [3.8, 4) is 0 Å². The van der Waals surface area contributed by atoms with E-state index in [0.717, 1.165) is 34.6 Å². The Morgan fingerprint density at radius 1 is 1.09 bits per heavy atom. The minimum atomic E-state index is -4.52. The fraction of sp³-hybridized carbons (Fsp3) is 0.318. The third-order valence-corrected chi connectivity index (χ3v) is 7.30. The van der Waals surface area contributed by atoms with E-state index in [4.69, 9.17) is 0 Å². The van der Waals surface area contributed by atoms with Gasteiger partial charge in [0.1, 0.15) is 17.5 Å². The van der Waals surface area contributed by atoms with E-state index in [1.807, 2.05) is 32.5 Å². The van der Waals surface area contributed by atoms with Gasteiger partial charge in [0.05, 0.1) is 5.51 Å². The Labute approximate surface area is 195 Å². The predicted molar refractivity (Wildman–Crippen MR) is 124 cm³/mol. The van der Waals surface area contributed by atoms with Gasteiger partial charge >= 0.3 is 0 Å². The minimum Gasteiger partial charge on any atom is -0.381 e. The number of anilines is 2. The molecule has 1 aromatic heterocycles. The summed E-state index contributed by atoms with van der Waals surface area (Å²) < 4.78 is 70.8. The van der Waals surface area contributed by atoms with E-state index in [1.165, 1.54) is 17.0 Å². The van der Waals surface area contributed by atoms with E-state index in [9.17, 15) is 21.6 Å². The topological polar surface area (TPSA) is 74.3 Å². The molecule has 0 radical (unpaired) electrons. The van der Waals surface area contributed by atoms with E-state index in [1.54, 1.807) is 6.07 Å². The molecular weight excluding hydrogens is 473 g/mol. The molecule has 0 aliphatic heterocycles. The van der Waals surface area contributed by atoms with Crippen molar-refractivity contribution in [2.45, 2.75) is 44.8 Å². The lowest BCUT2D eigenvalue weighted by molar-refractivity contribution is 0.264. The van der Waals surface area contributed by atoms with Gasteiger partial charge in [-0.25, -0.2) is 26.6 Å². The molecule has 0 amide bonds. The number of nitrogens with one attached hydrogen (secondary N) is 2. The normalized spacial score (nSPS) is 11.9. The SMILES string of the molecule is Cc1ccc(F)c(CNc2cc(F)c(S(=O)(=O)Nc3cscn3)c(F)c2)c1CN(C)C(C)C. The largest absolute Gasteiger partial charge is 0.381 e. The first-order chi connectivity index (χ1) is 15.5. The molecule has 0 saturated heterocycles. The Kier molecular flexibility index (Phi) is 7.65. The Balaban J connectivity index is 1.85. The van der Waals surface area contributed by atoms with Crippen molar-refractivity contribution in [2.24, 2.45) is 0 Å². The van der Waals surface area contributed by atoms with Crippen LogP contribution in [0.3, 0.4) is 0 Å². The highest BCUT2D eigenvalue weighted by Gasteiger charge is 2.26. The number of sulfonamides is 1. The quantitative estimate of drug-likeness (QED) is 0.428. The summed E-state index contributed by atoms with van der Waals surface area (Å²) >= 11 is 1.13. The Morgan fingerprint density at radius 3 is 2.33 bits per heavy atom. The van der Waals surface area contributed by atoms with Crippen LogP contribution in [0.2, 0.25) is 0 Å². The third-order valence-electron chi connectivity index (χ3n) is 5.30. The van der Waals surface area contributed by atoms with Gasteiger partial charge in [0.25, 0.3) is 10.0 Å². The van der Waals surface area contributed by atoms with Gasteiger partial charge in [-0.05, 0) is 57.1 Å². The highest BCUT2D eigenvalue weighted by atomic mass is 32.2. The number of rotatable bonds is 9. The molecule has 6 nitrogen and oxygen atoms in total. The Bertz CT molecular complexity index is 1210. The van der Waals surface area contributed by atoms with Crippen LogP contribution in [-0.2, 0) is 23.1 Å². The molecule has 178 valence electrons. The van der Waals surface area contributed by atoms with Crippen molar-refractivity contribution in [3.05, 3.63) is 69.3 Å². The molecule has 3 rings (SSSR count). The lowest BCUT2D eigenvalue weighted by Crippen LogP contribution is -2.27. The molecule has 0 unspecified atom stereocenters. The maximum atomic E-state index is 14.6. The first-order valence-corrected chi connectivity index (χ1v) is 12.5. The van der Waals surface area contributed by atoms with Crippen LogP contribution < -0.4 is 10.0 Å². The van der Waals surface area contributed by atoms with Crippen LogP contribution in [0.25, 0.3) is 0 Å². The van der Waals surface area contributed by atoms with Gasteiger partial charge in [0.15, 0.2) is 10.7 Å². The van der Waals surface area contributed by atoms with Crippen molar-refractivity contribution in [2.75, 3.05) is 17.1 Å². The van der Waals surface area contributed by atoms with Gasteiger partial charge < -0.3 is 5.32 Å². The van der Waals surface area contributed by atoms with E-state index >= 15 is 0 Å². The summed E-state index contributed by atoms with van der Waals surface area (Å²) in [5, 5.41) is 4.21. The van der Waals surface area contributed by atoms with Crippen LogP contribution in [-0.4, -0.2) is 31.4 Å². The van der Waals surface area contributed by atoms with E-state index in [2.05, 4.69) is 15.2 Å². The summed E-state index contributed by atoms with van der Waals surface area (Å²) in [6, 6.07) is 5.02. The number of benzene rings is 2. The summed E-state index contributed by atoms with van der Waals surface area (Å²) in [5.41, 5.74) is 3.43. The van der Waals surface area contributed by atoms with Gasteiger partial charge in [-0.3, -0.25) is 9.62 Å². The summed E-state index contributed by atoms with van der Waals surface area (Å²) in [7, 11) is -2.59. The summed E-state index contributed by atoms with van der Waals surface area (Å²) in [6.07, 6.45) is 0. The molecular formula is C22H25F3N4O2S2. The fourth-order valence-corrected chi connectivity index (χ4v) is 4.86. The van der Waals surface area contributed by atoms with Gasteiger partial charge in [0, 0.05) is 35.8 Å². The molecule has 0 atom stereocenters. The van der Waals surface area contributed by atoms with Gasteiger partial charge in [0.2, 0.25) is 0 Å². The van der Waals surface area contributed by atoms with Crippen molar-refractivity contribution >= 4 is 32.9 Å². The number of halogens is 3. The van der Waals surface area contributed by atoms with E-state index in [-0.39, 0.29) is 24.1 Å². The number of nitrogens with zero attached hydrogens (tertiary/aromatic N) is 2. The molecule has 33 heavy (non-hydrogen) atoms. The highest BCUT2D eigenvalue weighted by Crippen LogP contribution is 2.27. The molecule has 0 spiro atoms. The molecule has 0 bridgehead atoms. The Morgan fingerprint density at radius 2 is 1.76 bits per heavy atom. The molecule has 11 heteroatoms. The zero-order chi connectivity index (χ0) is 24.3. The highest BCUT2D eigenvalue weighted by molar-refractivity contribution is 7.92. The number of hydrogen-bond acceptors (Lipinski definition) is 6. The van der Waals surface area contributed by atoms with Crippen LogP contribution in [0, 0.1) is 24.4 Å². The summed E-state index contributed by atoms with van der Waals surface area (Å²) in [5.74, 6) is -3.02. The summed E-state index contributed by atoms with van der Waals surface area (Å²) in [6.45, 7) is 6.39. The van der Waals surface area contributed by atoms with Gasteiger partial charge in [-0.2, -0.15) is 0 Å². The van der Waals surface area contributed by atoms with Crippen molar-refractivity contribution in [1.82, 2.24) is 9.88 Å². The van der Waals surface area contributed by atoms with Crippen LogP contribution in [0.4, 0.5) is 24.7 Å². The minimum absolute atomic E-state index is 0.0123. The average Bonchev–Trinajstić information content (AvgIpc) is 3.21. The number of hydrogen-bond donors (Lipinski definition) is 2. The standard InChI is InChI=1S/C22H25F3N4O2S2/c1-13(2)29(4)10-17-14(3)5-6-18(23)16(17)9-26-15-7-19(24)22(20(25)8-15)33(30,31)28-21-11-32-12-27-21/h5-8,11-13,26,28H,9-10H2,1-4H3. The first kappa shape index (κ1) is 25.0. The lowest BCUT2D eigenvalue weighted by atomic mass is 10.00. The molecule has 0 aliphatic carbocycles. The molecule has 2 aromatic carbocycles. The van der Waals surface area contributed by atoms with Crippen LogP contribution in [0.15, 0.2) is 40.1 Å². The molecule has 2 N–H and O–H groups in total. The number of aromatic nitrogens is 1. The smallest absolute Gasteiger partial charge is 0.268 e. The average molecular weight is 499 g/mol. The van der Waals surface area contributed by atoms with Crippen molar-refractivity contribution in [1.29, 1.82) is 0 Å². The van der Waals surface area contributed by atoms with Crippen LogP contribution in [0.5, 0.6) is 0 Å². The molecule has 0 saturated carbocycles. The van der Waals surface area contributed by atoms with Crippen LogP contribution >= 0.6 is 11.3 Å². The van der Waals surface area contributed by atoms with E-state index in [0.29, 0.717) is 12.1 Å². The van der Waals surface area contributed by atoms with Crippen molar-refractivity contribution < 1.29 is 21.6 Å². The van der Waals surface area contributed by atoms with Gasteiger partial charge in [-0.1, -0.05) is 6.07 Å². The maximum absolute atomic E-state index is 14.6. The third kappa shape index (κ3) is 5.84. The molecule has 0 aliphatic rings. The number of thiazole rings is 1. The second-order valence-corrected chi connectivity index (χ2v) is 10.3. The van der Waals surface area contributed by atoms with Crippen LogP contribution in [0.1, 0.15) is 30.5 Å². The molecule has 0 fully saturated rings. The second kappa shape index (κ2) is 10.1. The fourth-order valence-electron chi connectivity index (χ4n) is 3.19. The van der Waals surface area contributed by atoms with Gasteiger partial charge in [-0.15, -0.1) is 11.3 Å². The Hall–Kier alpha value is -2.63. The summed E-state index contributed by atoms with van der Waals surface area (Å²) in [4.78, 5) is 4.70. The van der Waals surface area contributed by atoms with Crippen molar-refractivity contribution in [3.63, 3.8) is 0 Å². The molecule has 1 heterocycles. The zero-order valence-electron chi connectivity index (χ0n) is 18.6. The maximum Gasteiger partial charge on any atom is 0.268 e. The first-order valence-electron chi connectivity index (χ1n) is 10.1.